The number of para-hydroxylation sites is 1. The van der Waals surface area contributed by atoms with Crippen LogP contribution < -0.4 is 10.5 Å². The molecule has 0 spiro atoms. The number of rotatable bonds is 8. The minimum Gasteiger partial charge on any atom is -0.493 e. The fourth-order valence-electron chi connectivity index (χ4n) is 1.18. The highest BCUT2D eigenvalue weighted by Crippen LogP contribution is 2.10. The first-order chi connectivity index (χ1) is 7.86. The molecule has 90 valence electrons. The number of hydrogen-bond donors (Lipinski definition) is 1. The molecule has 0 amide bonds. The van der Waals surface area contributed by atoms with Crippen molar-refractivity contribution in [3.05, 3.63) is 30.3 Å². The van der Waals surface area contributed by atoms with E-state index in [4.69, 9.17) is 18.3 Å². The highest BCUT2D eigenvalue weighted by atomic mass is 127. The highest BCUT2D eigenvalue weighted by Gasteiger charge is 2.08. The first-order valence-electron chi connectivity index (χ1n) is 5.10. The average molecular weight is 337 g/mol. The van der Waals surface area contributed by atoms with Gasteiger partial charge >= 0.3 is 0 Å². The van der Waals surface area contributed by atoms with Crippen LogP contribution in [0.5, 0.6) is 5.75 Å². The molecule has 1 aromatic rings. The number of ether oxygens (including phenoxy) is 2. The van der Waals surface area contributed by atoms with E-state index in [9.17, 15) is 0 Å². The summed E-state index contributed by atoms with van der Waals surface area (Å²) in [5, 5.41) is 0. The van der Waals surface area contributed by atoms with Crippen molar-refractivity contribution >= 4 is 23.0 Å². The third-order valence-corrected chi connectivity index (χ3v) is 2.72. The lowest BCUT2D eigenvalue weighted by atomic mass is 10.3. The summed E-state index contributed by atoms with van der Waals surface area (Å²) >= 11 is 1.87. The van der Waals surface area contributed by atoms with Gasteiger partial charge in [0.05, 0.1) is 26.0 Å². The zero-order valence-corrected chi connectivity index (χ0v) is 11.1. The molecule has 0 aliphatic heterocycles. The van der Waals surface area contributed by atoms with Crippen LogP contribution in [0.3, 0.4) is 0 Å². The highest BCUT2D eigenvalue weighted by molar-refractivity contribution is 14.1. The van der Waals surface area contributed by atoms with E-state index < -0.39 is 0 Å². The van der Waals surface area contributed by atoms with E-state index in [0.29, 0.717) is 13.2 Å². The van der Waals surface area contributed by atoms with Crippen LogP contribution in [0.25, 0.3) is 0 Å². The maximum Gasteiger partial charge on any atom is 0.119 e. The van der Waals surface area contributed by atoms with E-state index in [2.05, 4.69) is 0 Å². The van der Waals surface area contributed by atoms with E-state index in [-0.39, 0.29) is 12.8 Å². The smallest absolute Gasteiger partial charge is 0.119 e. The SMILES string of the molecule is NCOCC(CCOc1ccccc1)OI. The summed E-state index contributed by atoms with van der Waals surface area (Å²) < 4.78 is 15.8. The summed E-state index contributed by atoms with van der Waals surface area (Å²) in [6.45, 7) is 1.32. The Labute approximate surface area is 110 Å². The molecular weight excluding hydrogens is 321 g/mol. The van der Waals surface area contributed by atoms with E-state index in [1.54, 1.807) is 0 Å². The lowest BCUT2D eigenvalue weighted by Crippen LogP contribution is -2.21. The number of hydrogen-bond acceptors (Lipinski definition) is 4. The van der Waals surface area contributed by atoms with E-state index in [1.807, 2.05) is 53.3 Å². The fourth-order valence-corrected chi connectivity index (χ4v) is 1.58. The van der Waals surface area contributed by atoms with Gasteiger partial charge in [0.25, 0.3) is 0 Å². The van der Waals surface area contributed by atoms with Gasteiger partial charge in [-0.3, -0.25) is 0 Å². The van der Waals surface area contributed by atoms with Gasteiger partial charge in [-0.15, -0.1) is 0 Å². The Morgan fingerprint density at radius 3 is 2.62 bits per heavy atom. The van der Waals surface area contributed by atoms with E-state index in [1.165, 1.54) is 0 Å². The Bertz CT molecular complexity index is 271. The van der Waals surface area contributed by atoms with Crippen molar-refractivity contribution in [1.82, 2.24) is 0 Å². The summed E-state index contributed by atoms with van der Waals surface area (Å²) in [6, 6.07) is 9.70. The summed E-state index contributed by atoms with van der Waals surface area (Å²) in [5.74, 6) is 0.870. The van der Waals surface area contributed by atoms with Gasteiger partial charge in [-0.1, -0.05) is 18.2 Å². The predicted molar refractivity (Wildman–Crippen MR) is 70.5 cm³/mol. The van der Waals surface area contributed by atoms with Crippen LogP contribution in [0.4, 0.5) is 0 Å². The summed E-state index contributed by atoms with van der Waals surface area (Å²) in [4.78, 5) is 0. The van der Waals surface area contributed by atoms with Gasteiger partial charge < -0.3 is 18.3 Å². The van der Waals surface area contributed by atoms with Crippen LogP contribution in [-0.2, 0) is 7.80 Å². The molecule has 0 aromatic heterocycles. The largest absolute Gasteiger partial charge is 0.493 e. The third kappa shape index (κ3) is 5.64. The molecule has 4 nitrogen and oxygen atoms in total. The molecule has 0 bridgehead atoms. The van der Waals surface area contributed by atoms with Crippen molar-refractivity contribution in [3.63, 3.8) is 0 Å². The van der Waals surface area contributed by atoms with Gasteiger partial charge in [0.15, 0.2) is 0 Å². The molecule has 0 radical (unpaired) electrons. The maximum atomic E-state index is 5.55. The van der Waals surface area contributed by atoms with Crippen LogP contribution in [-0.4, -0.2) is 26.0 Å². The fraction of sp³-hybridized carbons (Fsp3) is 0.455. The van der Waals surface area contributed by atoms with Crippen molar-refractivity contribution in [2.75, 3.05) is 19.9 Å². The second-order valence-corrected chi connectivity index (χ2v) is 3.71. The molecule has 0 aliphatic rings. The molecule has 16 heavy (non-hydrogen) atoms. The average Bonchev–Trinajstić information content (AvgIpc) is 2.35. The molecule has 0 fully saturated rings. The van der Waals surface area contributed by atoms with Crippen molar-refractivity contribution in [3.8, 4) is 5.75 Å². The monoisotopic (exact) mass is 337 g/mol. The second-order valence-electron chi connectivity index (χ2n) is 3.20. The molecule has 5 heteroatoms. The molecule has 0 heterocycles. The van der Waals surface area contributed by atoms with Crippen molar-refractivity contribution < 1.29 is 12.5 Å². The van der Waals surface area contributed by atoms with Gasteiger partial charge in [-0.05, 0) is 12.1 Å². The second kappa shape index (κ2) is 8.74. The number of benzene rings is 1. The zero-order chi connectivity index (χ0) is 11.6. The molecular formula is C11H16INO3. The van der Waals surface area contributed by atoms with Crippen LogP contribution in [0.2, 0.25) is 0 Å². The molecule has 2 N–H and O–H groups in total. The molecule has 1 rings (SSSR count). The first-order valence-corrected chi connectivity index (χ1v) is 5.98. The minimum absolute atomic E-state index is 0.0212. The zero-order valence-electron chi connectivity index (χ0n) is 8.97. The van der Waals surface area contributed by atoms with Crippen molar-refractivity contribution in [2.45, 2.75) is 12.5 Å². The Balaban J connectivity index is 2.18. The van der Waals surface area contributed by atoms with Gasteiger partial charge in [0, 0.05) is 6.42 Å². The van der Waals surface area contributed by atoms with Crippen LogP contribution in [0, 0.1) is 0 Å². The van der Waals surface area contributed by atoms with E-state index >= 15 is 0 Å². The standard InChI is InChI=1S/C11H16INO3/c12-16-11(8-14-9-13)6-7-15-10-4-2-1-3-5-10/h1-5,11H,6-9,13H2. The lowest BCUT2D eigenvalue weighted by Gasteiger charge is -2.13. The molecule has 0 aliphatic carbocycles. The van der Waals surface area contributed by atoms with Gasteiger partial charge in [-0.2, -0.15) is 0 Å². The number of halogens is 1. The Morgan fingerprint density at radius 2 is 2.00 bits per heavy atom. The van der Waals surface area contributed by atoms with Gasteiger partial charge in [0.2, 0.25) is 0 Å². The Morgan fingerprint density at radius 1 is 1.25 bits per heavy atom. The van der Waals surface area contributed by atoms with E-state index in [0.717, 1.165) is 12.2 Å². The summed E-state index contributed by atoms with van der Waals surface area (Å²) in [7, 11) is 0. The van der Waals surface area contributed by atoms with Crippen LogP contribution in [0.15, 0.2) is 30.3 Å². The van der Waals surface area contributed by atoms with Crippen molar-refractivity contribution in [1.29, 1.82) is 0 Å². The van der Waals surface area contributed by atoms with Crippen molar-refractivity contribution in [2.24, 2.45) is 5.73 Å². The molecule has 1 atom stereocenters. The van der Waals surface area contributed by atoms with Crippen LogP contribution in [0.1, 0.15) is 6.42 Å². The lowest BCUT2D eigenvalue weighted by molar-refractivity contribution is 0.0631. The quantitative estimate of drug-likeness (QED) is 0.583. The summed E-state index contributed by atoms with van der Waals surface area (Å²) in [5.41, 5.74) is 5.24. The molecule has 1 aromatic carbocycles. The molecule has 0 saturated carbocycles. The third-order valence-electron chi connectivity index (χ3n) is 2.00. The topological polar surface area (TPSA) is 53.7 Å². The molecule has 1 unspecified atom stereocenters. The Kier molecular flexibility index (Phi) is 7.48. The Hall–Kier alpha value is -0.370. The number of nitrogens with two attached hydrogens (primary N) is 1. The summed E-state index contributed by atoms with van der Waals surface area (Å²) in [6.07, 6.45) is 0.797. The van der Waals surface area contributed by atoms with Crippen LogP contribution >= 0.6 is 23.0 Å². The maximum absolute atomic E-state index is 5.55. The minimum atomic E-state index is 0.0212. The van der Waals surface area contributed by atoms with Gasteiger partial charge in [0.1, 0.15) is 28.8 Å². The first kappa shape index (κ1) is 13.7. The molecule has 0 saturated heterocycles. The normalized spacial score (nSPS) is 12.4. The van der Waals surface area contributed by atoms with Gasteiger partial charge in [-0.25, -0.2) is 0 Å². The predicted octanol–water partition coefficient (Wildman–Crippen LogP) is 2.12.